The molecule has 0 fully saturated rings. The molecule has 24 heavy (non-hydrogen) atoms. The molecule has 126 valence electrons. The van der Waals surface area contributed by atoms with Gasteiger partial charge in [-0.05, 0) is 24.0 Å². The third-order valence-electron chi connectivity index (χ3n) is 4.83. The second kappa shape index (κ2) is 4.99. The second-order valence-corrected chi connectivity index (χ2v) is 6.17. The van der Waals surface area contributed by atoms with Crippen LogP contribution in [0.3, 0.4) is 0 Å². The molecule has 1 aliphatic heterocycles. The Hall–Kier alpha value is -2.51. The maximum absolute atomic E-state index is 13.7. The maximum Gasteiger partial charge on any atom is 0.411 e. The summed E-state index contributed by atoms with van der Waals surface area (Å²) in [4.78, 5) is 11.1. The van der Waals surface area contributed by atoms with Crippen molar-refractivity contribution < 1.29 is 23.1 Å². The zero-order valence-corrected chi connectivity index (χ0v) is 12.4. The molecular weight excluding hydrogens is 323 g/mol. The first-order valence-corrected chi connectivity index (χ1v) is 7.60. The van der Waals surface area contributed by atoms with Crippen molar-refractivity contribution in [3.8, 4) is 0 Å². The Kier molecular flexibility index (Phi) is 3.13. The van der Waals surface area contributed by atoms with Gasteiger partial charge >= 0.3 is 12.1 Å². The number of carboxylic acid groups (broad SMARTS) is 1. The maximum atomic E-state index is 13.7. The van der Waals surface area contributed by atoms with Gasteiger partial charge in [0.25, 0.3) is 0 Å². The van der Waals surface area contributed by atoms with Crippen LogP contribution in [0.25, 0.3) is 0 Å². The van der Waals surface area contributed by atoms with Crippen LogP contribution in [0.5, 0.6) is 0 Å². The summed E-state index contributed by atoms with van der Waals surface area (Å²) in [5.41, 5.74) is 1.48. The third kappa shape index (κ3) is 2.16. The smallest absolute Gasteiger partial charge is 0.411 e. The number of rotatable bonds is 1. The van der Waals surface area contributed by atoms with E-state index in [1.54, 1.807) is 6.07 Å². The Balaban J connectivity index is 1.87. The van der Waals surface area contributed by atoms with E-state index in [2.05, 4.69) is 10.4 Å². The number of aromatic carboxylic acids is 1. The molecule has 1 aromatic carbocycles. The third-order valence-corrected chi connectivity index (χ3v) is 4.83. The van der Waals surface area contributed by atoms with Crippen LogP contribution >= 0.6 is 0 Å². The molecule has 4 rings (SSSR count). The number of fused-ring (bicyclic) bond motifs is 4. The van der Waals surface area contributed by atoms with Gasteiger partial charge < -0.3 is 10.4 Å². The number of halogens is 3. The van der Waals surface area contributed by atoms with Crippen LogP contribution in [-0.2, 0) is 6.42 Å². The van der Waals surface area contributed by atoms with Gasteiger partial charge in [-0.2, -0.15) is 18.3 Å². The molecular formula is C16H14F3N3O2. The molecule has 8 heteroatoms. The first-order valence-electron chi connectivity index (χ1n) is 7.60. The normalized spacial score (nSPS) is 25.2. The summed E-state index contributed by atoms with van der Waals surface area (Å²) in [6.07, 6.45) is -3.58. The van der Waals surface area contributed by atoms with E-state index in [0.717, 1.165) is 21.9 Å². The Morgan fingerprint density at radius 1 is 1.33 bits per heavy atom. The molecule has 2 N–H and O–H groups in total. The van der Waals surface area contributed by atoms with Crippen LogP contribution in [0, 0.1) is 5.92 Å². The standard InChI is InChI=1S/C16H14F3N3O2/c17-16(18,19)14-10-6-5-8-3-1-2-4-9(8)13(10)20-12-7-11(15(23)24)21-22(12)14/h1-4,7,10,13-14,20H,5-6H2,(H,23,24)/t10-,13+,14+/m1/s1. The number of carbonyl (C=O) groups is 1. The van der Waals surface area contributed by atoms with Crippen molar-refractivity contribution in [2.75, 3.05) is 5.32 Å². The molecule has 1 aliphatic carbocycles. The molecule has 0 spiro atoms. The lowest BCUT2D eigenvalue weighted by Gasteiger charge is -2.43. The number of carboxylic acids is 1. The predicted octanol–water partition coefficient (Wildman–Crippen LogP) is 3.41. The van der Waals surface area contributed by atoms with Crippen molar-refractivity contribution in [3.05, 3.63) is 47.2 Å². The zero-order valence-electron chi connectivity index (χ0n) is 12.4. The zero-order chi connectivity index (χ0) is 17.1. The lowest BCUT2D eigenvalue weighted by molar-refractivity contribution is -0.188. The van der Waals surface area contributed by atoms with Crippen molar-refractivity contribution in [1.82, 2.24) is 9.78 Å². The van der Waals surface area contributed by atoms with Crippen LogP contribution < -0.4 is 5.32 Å². The summed E-state index contributed by atoms with van der Waals surface area (Å²) < 4.78 is 42.0. The molecule has 3 atom stereocenters. The van der Waals surface area contributed by atoms with E-state index in [4.69, 9.17) is 5.11 Å². The van der Waals surface area contributed by atoms with Crippen LogP contribution in [0.15, 0.2) is 30.3 Å². The number of anilines is 1. The van der Waals surface area contributed by atoms with E-state index in [1.807, 2.05) is 18.2 Å². The summed E-state index contributed by atoms with van der Waals surface area (Å²) in [6, 6.07) is 6.25. The number of nitrogens with zero attached hydrogens (tertiary/aromatic N) is 2. The van der Waals surface area contributed by atoms with Crippen LogP contribution in [-0.4, -0.2) is 27.0 Å². The van der Waals surface area contributed by atoms with Gasteiger partial charge in [0.05, 0.1) is 6.04 Å². The SMILES string of the molecule is O=C(O)c1cc2n(n1)[C@H](C(F)(F)F)[C@@H]1CCc3ccccc3[C@@H]1N2. The molecule has 0 saturated carbocycles. The topological polar surface area (TPSA) is 67.1 Å². The lowest BCUT2D eigenvalue weighted by atomic mass is 9.75. The van der Waals surface area contributed by atoms with Gasteiger partial charge in [0.1, 0.15) is 5.82 Å². The van der Waals surface area contributed by atoms with Gasteiger partial charge in [-0.1, -0.05) is 24.3 Å². The fourth-order valence-corrected chi connectivity index (χ4v) is 3.85. The second-order valence-electron chi connectivity index (χ2n) is 6.17. The fourth-order valence-electron chi connectivity index (χ4n) is 3.85. The Labute approximate surface area is 135 Å². The number of aryl methyl sites for hydroxylation is 1. The molecule has 0 unspecified atom stereocenters. The molecule has 0 radical (unpaired) electrons. The van der Waals surface area contributed by atoms with Crippen LogP contribution in [0.1, 0.15) is 40.1 Å². The fraction of sp³-hybridized carbons (Fsp3) is 0.375. The first kappa shape index (κ1) is 15.0. The number of alkyl halides is 3. The van der Waals surface area contributed by atoms with Gasteiger partial charge in [-0.25, -0.2) is 9.48 Å². The molecule has 2 aliphatic rings. The van der Waals surface area contributed by atoms with E-state index in [0.29, 0.717) is 12.8 Å². The largest absolute Gasteiger partial charge is 0.476 e. The average molecular weight is 337 g/mol. The van der Waals surface area contributed by atoms with Crippen molar-refractivity contribution >= 4 is 11.8 Å². The monoisotopic (exact) mass is 337 g/mol. The number of aromatic nitrogens is 2. The Bertz CT molecular complexity index is 815. The van der Waals surface area contributed by atoms with Crippen molar-refractivity contribution in [1.29, 1.82) is 0 Å². The summed E-state index contributed by atoms with van der Waals surface area (Å²) in [5.74, 6) is -1.98. The van der Waals surface area contributed by atoms with Crippen LogP contribution in [0.4, 0.5) is 19.0 Å². The molecule has 2 heterocycles. The number of hydrogen-bond acceptors (Lipinski definition) is 3. The van der Waals surface area contributed by atoms with Crippen LogP contribution in [0.2, 0.25) is 0 Å². The summed E-state index contributed by atoms with van der Waals surface area (Å²) in [6.45, 7) is 0. The lowest BCUT2D eigenvalue weighted by Crippen LogP contribution is -2.45. The highest BCUT2D eigenvalue weighted by Crippen LogP contribution is 2.51. The number of nitrogens with one attached hydrogen (secondary N) is 1. The highest BCUT2D eigenvalue weighted by molar-refractivity contribution is 5.86. The van der Waals surface area contributed by atoms with E-state index >= 15 is 0 Å². The minimum atomic E-state index is -4.51. The molecule has 0 amide bonds. The summed E-state index contributed by atoms with van der Waals surface area (Å²) >= 11 is 0. The van der Waals surface area contributed by atoms with E-state index in [9.17, 15) is 18.0 Å². The molecule has 5 nitrogen and oxygen atoms in total. The Morgan fingerprint density at radius 2 is 2.08 bits per heavy atom. The molecule has 0 saturated heterocycles. The van der Waals surface area contributed by atoms with Gasteiger partial charge in [-0.3, -0.25) is 0 Å². The van der Waals surface area contributed by atoms with E-state index in [-0.39, 0.29) is 5.82 Å². The predicted molar refractivity (Wildman–Crippen MR) is 78.9 cm³/mol. The van der Waals surface area contributed by atoms with E-state index in [1.165, 1.54) is 0 Å². The first-order chi connectivity index (χ1) is 11.4. The van der Waals surface area contributed by atoms with E-state index < -0.39 is 35.8 Å². The van der Waals surface area contributed by atoms with Gasteiger partial charge in [0.2, 0.25) is 0 Å². The molecule has 1 aromatic heterocycles. The van der Waals surface area contributed by atoms with Gasteiger partial charge in [-0.15, -0.1) is 0 Å². The molecule has 0 bridgehead atoms. The van der Waals surface area contributed by atoms with Crippen molar-refractivity contribution in [3.63, 3.8) is 0 Å². The van der Waals surface area contributed by atoms with Crippen molar-refractivity contribution in [2.24, 2.45) is 5.92 Å². The number of benzene rings is 1. The Morgan fingerprint density at radius 3 is 2.79 bits per heavy atom. The summed E-state index contributed by atoms with van der Waals surface area (Å²) in [7, 11) is 0. The van der Waals surface area contributed by atoms with Crippen molar-refractivity contribution in [2.45, 2.75) is 31.1 Å². The quantitative estimate of drug-likeness (QED) is 0.837. The average Bonchev–Trinajstić information content (AvgIpc) is 2.95. The highest BCUT2D eigenvalue weighted by atomic mass is 19.4. The molecule has 2 aromatic rings. The van der Waals surface area contributed by atoms with Gasteiger partial charge in [0.15, 0.2) is 11.7 Å². The highest BCUT2D eigenvalue weighted by Gasteiger charge is 2.53. The van der Waals surface area contributed by atoms with Gasteiger partial charge in [0, 0.05) is 12.0 Å². The minimum Gasteiger partial charge on any atom is -0.476 e. The minimum absolute atomic E-state index is 0.0904. The summed E-state index contributed by atoms with van der Waals surface area (Å²) in [5, 5.41) is 15.8. The number of hydrogen-bond donors (Lipinski definition) is 2.